The van der Waals surface area contributed by atoms with Gasteiger partial charge in [-0.15, -0.1) is 0 Å². The monoisotopic (exact) mass is 249 g/mol. The molecule has 0 bridgehead atoms. The molecule has 18 heavy (non-hydrogen) atoms. The van der Waals surface area contributed by atoms with Gasteiger partial charge >= 0.3 is 0 Å². The molecule has 98 valence electrons. The van der Waals surface area contributed by atoms with E-state index >= 15 is 0 Å². The van der Waals surface area contributed by atoms with E-state index in [9.17, 15) is 4.79 Å². The molecule has 1 aliphatic heterocycles. The van der Waals surface area contributed by atoms with E-state index in [4.69, 9.17) is 4.74 Å². The van der Waals surface area contributed by atoms with E-state index in [0.717, 1.165) is 24.4 Å². The van der Waals surface area contributed by atoms with Crippen LogP contribution in [0.2, 0.25) is 0 Å². The molecule has 0 spiro atoms. The summed E-state index contributed by atoms with van der Waals surface area (Å²) in [6.07, 6.45) is 2.53. The number of hydrogen-bond donors (Lipinski definition) is 1. The Labute approximate surface area is 107 Å². The summed E-state index contributed by atoms with van der Waals surface area (Å²) in [4.78, 5) is 18.4. The van der Waals surface area contributed by atoms with Crippen molar-refractivity contribution in [2.24, 2.45) is 0 Å². The maximum Gasteiger partial charge on any atom is 0.257 e. The van der Waals surface area contributed by atoms with Crippen molar-refractivity contribution in [3.63, 3.8) is 0 Å². The highest BCUT2D eigenvalue weighted by Crippen LogP contribution is 2.19. The summed E-state index contributed by atoms with van der Waals surface area (Å²) in [5, 5.41) is 3.04. The minimum Gasteiger partial charge on any atom is -0.387 e. The topological polar surface area (TPSA) is 54.5 Å². The van der Waals surface area contributed by atoms with Gasteiger partial charge in [0, 0.05) is 32.6 Å². The van der Waals surface area contributed by atoms with E-state index in [1.165, 1.54) is 0 Å². The zero-order valence-electron chi connectivity index (χ0n) is 11.1. The molecule has 2 heterocycles. The molecule has 0 saturated carbocycles. The van der Waals surface area contributed by atoms with Crippen LogP contribution in [0.15, 0.2) is 12.3 Å². The minimum atomic E-state index is -0.0117. The van der Waals surface area contributed by atoms with Crippen LogP contribution in [0, 0.1) is 6.92 Å². The first-order chi connectivity index (χ1) is 8.63. The van der Waals surface area contributed by atoms with Crippen molar-refractivity contribution in [3.05, 3.63) is 23.5 Å². The number of amides is 1. The fourth-order valence-electron chi connectivity index (χ4n) is 2.12. The summed E-state index contributed by atoms with van der Waals surface area (Å²) in [5.41, 5.74) is 2.32. The van der Waals surface area contributed by atoms with Crippen molar-refractivity contribution in [1.82, 2.24) is 9.88 Å². The molecule has 1 amide bonds. The molecule has 1 N–H and O–H groups in total. The SMILES string of the molecule is CNc1cc(C)ncc1C(=O)N(C)C1CCOC1. The fraction of sp³-hybridized carbons (Fsp3) is 0.538. The number of aryl methyl sites for hydroxylation is 1. The van der Waals surface area contributed by atoms with Crippen LogP contribution in [-0.2, 0) is 4.74 Å². The van der Waals surface area contributed by atoms with Gasteiger partial charge in [-0.2, -0.15) is 0 Å². The van der Waals surface area contributed by atoms with Gasteiger partial charge in [-0.3, -0.25) is 9.78 Å². The molecule has 5 nitrogen and oxygen atoms in total. The third-order valence-corrected chi connectivity index (χ3v) is 3.31. The van der Waals surface area contributed by atoms with Crippen LogP contribution in [0.4, 0.5) is 5.69 Å². The number of likely N-dealkylation sites (N-methyl/N-ethyl adjacent to an activating group) is 1. The third kappa shape index (κ3) is 2.46. The standard InChI is InChI=1S/C13H19N3O2/c1-9-6-12(14-2)11(7-15-9)13(17)16(3)10-4-5-18-8-10/h6-7,10H,4-5,8H2,1-3H3,(H,14,15). The van der Waals surface area contributed by atoms with Crippen molar-refractivity contribution in [2.75, 3.05) is 32.6 Å². The molecule has 1 aromatic rings. The first-order valence-electron chi connectivity index (χ1n) is 6.12. The number of rotatable bonds is 3. The largest absolute Gasteiger partial charge is 0.387 e. The van der Waals surface area contributed by atoms with Gasteiger partial charge in [-0.1, -0.05) is 0 Å². The summed E-state index contributed by atoms with van der Waals surface area (Å²) in [5.74, 6) is -0.0117. The molecule has 0 aromatic carbocycles. The van der Waals surface area contributed by atoms with Crippen LogP contribution in [0.25, 0.3) is 0 Å². The molecule has 1 fully saturated rings. The third-order valence-electron chi connectivity index (χ3n) is 3.31. The van der Waals surface area contributed by atoms with Crippen molar-refractivity contribution < 1.29 is 9.53 Å². The Kier molecular flexibility index (Phi) is 3.81. The van der Waals surface area contributed by atoms with Gasteiger partial charge in [0.15, 0.2) is 0 Å². The fourth-order valence-corrected chi connectivity index (χ4v) is 2.12. The summed E-state index contributed by atoms with van der Waals surface area (Å²) in [7, 11) is 3.63. The number of pyridine rings is 1. The number of carbonyl (C=O) groups is 1. The predicted molar refractivity (Wildman–Crippen MR) is 69.8 cm³/mol. The van der Waals surface area contributed by atoms with Crippen LogP contribution >= 0.6 is 0 Å². The first kappa shape index (κ1) is 12.8. The second kappa shape index (κ2) is 5.35. The number of aromatic nitrogens is 1. The lowest BCUT2D eigenvalue weighted by Gasteiger charge is -2.24. The van der Waals surface area contributed by atoms with Crippen LogP contribution < -0.4 is 5.32 Å². The molecule has 2 rings (SSSR count). The Morgan fingerprint density at radius 2 is 2.39 bits per heavy atom. The highest BCUT2D eigenvalue weighted by Gasteiger charge is 2.26. The molecule has 0 aliphatic carbocycles. The van der Waals surface area contributed by atoms with Gasteiger partial charge < -0.3 is 15.0 Å². The Morgan fingerprint density at radius 3 is 3.00 bits per heavy atom. The average molecular weight is 249 g/mol. The zero-order chi connectivity index (χ0) is 13.1. The van der Waals surface area contributed by atoms with Crippen molar-refractivity contribution in [2.45, 2.75) is 19.4 Å². The summed E-state index contributed by atoms with van der Waals surface area (Å²) in [6.45, 7) is 3.26. The van der Waals surface area contributed by atoms with Crippen LogP contribution in [0.5, 0.6) is 0 Å². The predicted octanol–water partition coefficient (Wildman–Crippen LogP) is 1.29. The van der Waals surface area contributed by atoms with Gasteiger partial charge in [0.25, 0.3) is 5.91 Å². The normalized spacial score (nSPS) is 18.7. The maximum absolute atomic E-state index is 12.4. The molecule has 1 atom stereocenters. The summed E-state index contributed by atoms with van der Waals surface area (Å²) < 4.78 is 5.31. The second-order valence-electron chi connectivity index (χ2n) is 4.55. The van der Waals surface area contributed by atoms with Gasteiger partial charge in [0.2, 0.25) is 0 Å². The number of carbonyl (C=O) groups excluding carboxylic acids is 1. The second-order valence-corrected chi connectivity index (χ2v) is 4.55. The molecule has 1 saturated heterocycles. The summed E-state index contributed by atoms with van der Waals surface area (Å²) in [6, 6.07) is 2.05. The lowest BCUT2D eigenvalue weighted by molar-refractivity contribution is 0.0712. The molecule has 5 heteroatoms. The van der Waals surface area contributed by atoms with Gasteiger partial charge in [-0.25, -0.2) is 0 Å². The number of anilines is 1. The number of ether oxygens (including phenoxy) is 1. The molecule has 1 aliphatic rings. The maximum atomic E-state index is 12.4. The van der Waals surface area contributed by atoms with E-state index in [1.807, 2.05) is 27.1 Å². The smallest absolute Gasteiger partial charge is 0.257 e. The Hall–Kier alpha value is -1.62. The Bertz CT molecular complexity index is 442. The van der Waals surface area contributed by atoms with E-state index in [-0.39, 0.29) is 11.9 Å². The van der Waals surface area contributed by atoms with Crippen LogP contribution in [0.1, 0.15) is 22.5 Å². The lowest BCUT2D eigenvalue weighted by Crippen LogP contribution is -2.37. The lowest BCUT2D eigenvalue weighted by atomic mass is 10.1. The van der Waals surface area contributed by atoms with E-state index in [0.29, 0.717) is 12.2 Å². The molecule has 1 aromatic heterocycles. The van der Waals surface area contributed by atoms with Crippen molar-refractivity contribution >= 4 is 11.6 Å². The number of hydrogen-bond acceptors (Lipinski definition) is 4. The number of nitrogens with one attached hydrogen (secondary N) is 1. The number of nitrogens with zero attached hydrogens (tertiary/aromatic N) is 2. The van der Waals surface area contributed by atoms with E-state index in [2.05, 4.69) is 10.3 Å². The van der Waals surface area contributed by atoms with E-state index < -0.39 is 0 Å². The van der Waals surface area contributed by atoms with Crippen molar-refractivity contribution in [3.8, 4) is 0 Å². The molecular weight excluding hydrogens is 230 g/mol. The molecule has 1 unspecified atom stereocenters. The zero-order valence-corrected chi connectivity index (χ0v) is 11.1. The quantitative estimate of drug-likeness (QED) is 0.877. The van der Waals surface area contributed by atoms with Crippen molar-refractivity contribution in [1.29, 1.82) is 0 Å². The first-order valence-corrected chi connectivity index (χ1v) is 6.12. The van der Waals surface area contributed by atoms with Crippen LogP contribution in [-0.4, -0.2) is 49.1 Å². The van der Waals surface area contributed by atoms with Crippen LogP contribution in [0.3, 0.4) is 0 Å². The highest BCUT2D eigenvalue weighted by atomic mass is 16.5. The molecule has 0 radical (unpaired) electrons. The van der Waals surface area contributed by atoms with Gasteiger partial charge in [0.1, 0.15) is 0 Å². The average Bonchev–Trinajstić information content (AvgIpc) is 2.90. The van der Waals surface area contributed by atoms with Gasteiger partial charge in [0.05, 0.1) is 23.9 Å². The summed E-state index contributed by atoms with van der Waals surface area (Å²) >= 11 is 0. The van der Waals surface area contributed by atoms with E-state index in [1.54, 1.807) is 11.1 Å². The molecular formula is C13H19N3O2. The Morgan fingerprint density at radius 1 is 1.61 bits per heavy atom. The highest BCUT2D eigenvalue weighted by molar-refractivity contribution is 5.99. The minimum absolute atomic E-state index is 0.0117. The van der Waals surface area contributed by atoms with Gasteiger partial charge in [-0.05, 0) is 19.4 Å². The Balaban J connectivity index is 2.22.